The van der Waals surface area contributed by atoms with Crippen LogP contribution in [0.3, 0.4) is 0 Å². The molecule has 0 aliphatic rings. The van der Waals surface area contributed by atoms with E-state index in [1.807, 2.05) is 0 Å². The summed E-state index contributed by atoms with van der Waals surface area (Å²) in [6.45, 7) is 0. The number of anilines is 2. The van der Waals surface area contributed by atoms with Crippen molar-refractivity contribution in [2.24, 2.45) is 10.2 Å². The van der Waals surface area contributed by atoms with Crippen molar-refractivity contribution < 1.29 is 13.0 Å². The number of azo groups is 1. The topological polar surface area (TPSA) is 131 Å². The molecule has 3 aromatic carbocycles. The molecule has 122 valence electrons. The zero-order valence-electron chi connectivity index (χ0n) is 12.4. The van der Waals surface area contributed by atoms with Crippen LogP contribution in [0.2, 0.25) is 0 Å². The predicted molar refractivity (Wildman–Crippen MR) is 93.2 cm³/mol. The van der Waals surface area contributed by atoms with E-state index >= 15 is 0 Å². The molecule has 0 heterocycles. The maximum atomic E-state index is 11.7. The van der Waals surface area contributed by atoms with Gasteiger partial charge in [-0.2, -0.15) is 13.5 Å². The van der Waals surface area contributed by atoms with E-state index in [0.29, 0.717) is 22.1 Å². The molecule has 7 nitrogen and oxygen atoms in total. The highest BCUT2D eigenvalue weighted by molar-refractivity contribution is 7.86. The number of benzene rings is 3. The van der Waals surface area contributed by atoms with E-state index in [0.717, 1.165) is 0 Å². The molecule has 8 heteroatoms. The third kappa shape index (κ3) is 3.05. The summed E-state index contributed by atoms with van der Waals surface area (Å²) in [6.07, 6.45) is 0. The molecule has 0 radical (unpaired) electrons. The first-order valence-electron chi connectivity index (χ1n) is 6.92. The Balaban J connectivity index is 2.18. The molecule has 3 rings (SSSR count). The predicted octanol–water partition coefficient (Wildman–Crippen LogP) is 3.67. The molecule has 3 aromatic rings. The van der Waals surface area contributed by atoms with Crippen molar-refractivity contribution >= 4 is 43.6 Å². The Hall–Kier alpha value is -2.97. The van der Waals surface area contributed by atoms with Crippen LogP contribution in [0.15, 0.2) is 69.7 Å². The molecule has 24 heavy (non-hydrogen) atoms. The molecule has 0 aromatic heterocycles. The fraction of sp³-hybridized carbons (Fsp3) is 0. The third-order valence-electron chi connectivity index (χ3n) is 3.47. The van der Waals surface area contributed by atoms with Gasteiger partial charge in [0.1, 0.15) is 10.6 Å². The molecule has 5 N–H and O–H groups in total. The molecular weight excluding hydrogens is 328 g/mol. The number of fused-ring (bicyclic) bond motifs is 1. The van der Waals surface area contributed by atoms with Crippen LogP contribution < -0.4 is 11.5 Å². The zero-order valence-corrected chi connectivity index (χ0v) is 13.2. The van der Waals surface area contributed by atoms with Crippen molar-refractivity contribution in [1.82, 2.24) is 0 Å². The first kappa shape index (κ1) is 15.9. The van der Waals surface area contributed by atoms with Gasteiger partial charge < -0.3 is 11.5 Å². The minimum atomic E-state index is -4.43. The largest absolute Gasteiger partial charge is 0.399 e. The van der Waals surface area contributed by atoms with E-state index in [1.165, 1.54) is 6.07 Å². The van der Waals surface area contributed by atoms with Crippen molar-refractivity contribution in [3.63, 3.8) is 0 Å². The molecule has 0 aliphatic heterocycles. The van der Waals surface area contributed by atoms with Gasteiger partial charge in [0, 0.05) is 16.5 Å². The van der Waals surface area contributed by atoms with Crippen LogP contribution in [-0.4, -0.2) is 13.0 Å². The van der Waals surface area contributed by atoms with Crippen molar-refractivity contribution in [3.05, 3.63) is 54.6 Å². The van der Waals surface area contributed by atoms with Crippen LogP contribution in [0, 0.1) is 0 Å². The molecule has 0 aliphatic carbocycles. The van der Waals surface area contributed by atoms with Gasteiger partial charge in [0.2, 0.25) is 0 Å². The molecule has 0 fully saturated rings. The van der Waals surface area contributed by atoms with Crippen molar-refractivity contribution in [2.75, 3.05) is 11.5 Å². The Bertz CT molecular complexity index is 1040. The van der Waals surface area contributed by atoms with Crippen LogP contribution in [0.1, 0.15) is 0 Å². The fourth-order valence-corrected chi connectivity index (χ4v) is 3.02. The molecular formula is C16H14N4O3S. The monoisotopic (exact) mass is 342 g/mol. The van der Waals surface area contributed by atoms with Gasteiger partial charge >= 0.3 is 0 Å². The van der Waals surface area contributed by atoms with Gasteiger partial charge in [0.15, 0.2) is 0 Å². The molecule has 0 atom stereocenters. The van der Waals surface area contributed by atoms with Gasteiger partial charge in [-0.3, -0.25) is 4.55 Å². The van der Waals surface area contributed by atoms with Crippen LogP contribution in [0.5, 0.6) is 0 Å². The summed E-state index contributed by atoms with van der Waals surface area (Å²) >= 11 is 0. The van der Waals surface area contributed by atoms with Crippen LogP contribution in [0.4, 0.5) is 22.7 Å². The molecule has 0 saturated carbocycles. The van der Waals surface area contributed by atoms with Gasteiger partial charge in [-0.05, 0) is 30.3 Å². The van der Waals surface area contributed by atoms with Crippen molar-refractivity contribution in [2.45, 2.75) is 4.90 Å². The van der Waals surface area contributed by atoms with Gasteiger partial charge in [0.05, 0.1) is 11.4 Å². The third-order valence-corrected chi connectivity index (χ3v) is 4.36. The Morgan fingerprint density at radius 3 is 2.12 bits per heavy atom. The molecule has 0 spiro atoms. The quantitative estimate of drug-likeness (QED) is 0.379. The normalized spacial score (nSPS) is 12.0. The van der Waals surface area contributed by atoms with E-state index in [9.17, 15) is 13.0 Å². The summed E-state index contributed by atoms with van der Waals surface area (Å²) in [5.41, 5.74) is 13.2. The zero-order chi connectivity index (χ0) is 17.3. The van der Waals surface area contributed by atoms with Crippen molar-refractivity contribution in [3.8, 4) is 0 Å². The molecule has 0 bridgehead atoms. The van der Waals surface area contributed by atoms with Gasteiger partial charge in [-0.25, -0.2) is 0 Å². The van der Waals surface area contributed by atoms with E-state index in [1.54, 1.807) is 48.5 Å². The number of hydrogen-bond acceptors (Lipinski definition) is 6. The molecule has 0 saturated heterocycles. The number of nitrogens with zero attached hydrogens (tertiary/aromatic N) is 2. The average Bonchev–Trinajstić information content (AvgIpc) is 2.55. The van der Waals surface area contributed by atoms with E-state index in [2.05, 4.69) is 10.2 Å². The Labute approximate surface area is 138 Å². The summed E-state index contributed by atoms with van der Waals surface area (Å²) in [6, 6.07) is 14.5. The second kappa shape index (κ2) is 5.91. The smallest absolute Gasteiger partial charge is 0.295 e. The number of nitrogens with two attached hydrogens (primary N) is 2. The lowest BCUT2D eigenvalue weighted by Crippen LogP contribution is -2.01. The van der Waals surface area contributed by atoms with Gasteiger partial charge in [-0.1, -0.05) is 24.3 Å². The number of rotatable bonds is 3. The highest BCUT2D eigenvalue weighted by atomic mass is 32.2. The highest BCUT2D eigenvalue weighted by Crippen LogP contribution is 2.36. The first-order valence-corrected chi connectivity index (χ1v) is 8.36. The standard InChI is InChI=1S/C16H14N4O3S/c17-10-5-7-11(8-6-10)19-20-14-9-15(24(21,22)23)12-3-1-2-4-13(12)16(14)18/h1-9H,17-18H2,(H,21,22,23). The first-order chi connectivity index (χ1) is 11.4. The maximum Gasteiger partial charge on any atom is 0.295 e. The van der Waals surface area contributed by atoms with Crippen LogP contribution in [0.25, 0.3) is 10.8 Å². The number of hydrogen-bond donors (Lipinski definition) is 3. The maximum absolute atomic E-state index is 11.7. The summed E-state index contributed by atoms with van der Waals surface area (Å²) in [5, 5.41) is 8.83. The Kier molecular flexibility index (Phi) is 3.92. The lowest BCUT2D eigenvalue weighted by molar-refractivity contribution is 0.484. The lowest BCUT2D eigenvalue weighted by atomic mass is 10.1. The van der Waals surface area contributed by atoms with E-state index in [4.69, 9.17) is 11.5 Å². The highest BCUT2D eigenvalue weighted by Gasteiger charge is 2.18. The Morgan fingerprint density at radius 1 is 0.875 bits per heavy atom. The van der Waals surface area contributed by atoms with Gasteiger partial charge in [-0.15, -0.1) is 5.11 Å². The molecule has 0 amide bonds. The van der Waals surface area contributed by atoms with E-state index < -0.39 is 10.1 Å². The summed E-state index contributed by atoms with van der Waals surface area (Å²) < 4.78 is 32.8. The lowest BCUT2D eigenvalue weighted by Gasteiger charge is -2.09. The van der Waals surface area contributed by atoms with Crippen LogP contribution in [-0.2, 0) is 10.1 Å². The van der Waals surface area contributed by atoms with E-state index in [-0.39, 0.29) is 16.3 Å². The summed E-state index contributed by atoms with van der Waals surface area (Å²) in [4.78, 5) is -0.265. The number of nitrogen functional groups attached to an aromatic ring is 2. The SMILES string of the molecule is Nc1ccc(N=Nc2cc(S(=O)(=O)O)c3ccccc3c2N)cc1. The average molecular weight is 342 g/mol. The molecule has 0 unspecified atom stereocenters. The summed E-state index contributed by atoms with van der Waals surface area (Å²) in [7, 11) is -4.43. The van der Waals surface area contributed by atoms with Crippen molar-refractivity contribution in [1.29, 1.82) is 0 Å². The Morgan fingerprint density at radius 2 is 1.50 bits per heavy atom. The second-order valence-electron chi connectivity index (χ2n) is 5.12. The van der Waals surface area contributed by atoms with Gasteiger partial charge in [0.25, 0.3) is 10.1 Å². The minimum absolute atomic E-state index is 0.151. The minimum Gasteiger partial charge on any atom is -0.399 e. The van der Waals surface area contributed by atoms with Crippen LogP contribution >= 0.6 is 0 Å². The second-order valence-corrected chi connectivity index (χ2v) is 6.51. The summed E-state index contributed by atoms with van der Waals surface area (Å²) in [5.74, 6) is 0. The fourth-order valence-electron chi connectivity index (χ4n) is 2.30.